The third kappa shape index (κ3) is 3.42. The summed E-state index contributed by atoms with van der Waals surface area (Å²) in [4.78, 5) is 4.77. The van der Waals surface area contributed by atoms with Crippen molar-refractivity contribution in [1.29, 1.82) is 0 Å². The Labute approximate surface area is 118 Å². The van der Waals surface area contributed by atoms with Crippen LogP contribution >= 0.6 is 11.3 Å². The van der Waals surface area contributed by atoms with Crippen LogP contribution in [-0.2, 0) is 7.05 Å². The molecule has 0 radical (unpaired) electrons. The number of aryl methyl sites for hydroxylation is 1. The second-order valence-electron chi connectivity index (χ2n) is 5.47. The Hall–Kier alpha value is -1.20. The zero-order valence-corrected chi connectivity index (χ0v) is 13.0. The standard InChI is InChI=1S/C14H22N4S/c1-9(2)12-8-19-14(17-12)13(16-10(3)4)11-6-15-18(5)7-11/h6-10,13,16H,1-5H3. The lowest BCUT2D eigenvalue weighted by Gasteiger charge is -2.18. The highest BCUT2D eigenvalue weighted by Gasteiger charge is 2.20. The summed E-state index contributed by atoms with van der Waals surface area (Å²) in [7, 11) is 1.94. The Morgan fingerprint density at radius 2 is 2.00 bits per heavy atom. The van der Waals surface area contributed by atoms with E-state index in [1.54, 1.807) is 11.3 Å². The zero-order chi connectivity index (χ0) is 14.0. The molecule has 1 unspecified atom stereocenters. The molecule has 0 aliphatic carbocycles. The average Bonchev–Trinajstić information content (AvgIpc) is 2.94. The van der Waals surface area contributed by atoms with Crippen LogP contribution in [0.4, 0.5) is 0 Å². The van der Waals surface area contributed by atoms with Crippen molar-refractivity contribution >= 4 is 11.3 Å². The van der Waals surface area contributed by atoms with Crippen LogP contribution in [0.5, 0.6) is 0 Å². The van der Waals surface area contributed by atoms with Crippen LogP contribution in [-0.4, -0.2) is 20.8 Å². The Balaban J connectivity index is 2.31. The van der Waals surface area contributed by atoms with Gasteiger partial charge in [-0.3, -0.25) is 4.68 Å². The molecular weight excluding hydrogens is 256 g/mol. The lowest BCUT2D eigenvalue weighted by Crippen LogP contribution is -2.28. The van der Waals surface area contributed by atoms with Gasteiger partial charge in [-0.25, -0.2) is 4.98 Å². The van der Waals surface area contributed by atoms with E-state index in [1.807, 2.05) is 17.9 Å². The van der Waals surface area contributed by atoms with Crippen molar-refractivity contribution in [1.82, 2.24) is 20.1 Å². The van der Waals surface area contributed by atoms with Crippen molar-refractivity contribution in [3.63, 3.8) is 0 Å². The van der Waals surface area contributed by atoms with Gasteiger partial charge < -0.3 is 5.32 Å². The molecule has 1 N–H and O–H groups in total. The van der Waals surface area contributed by atoms with Gasteiger partial charge in [0.05, 0.1) is 17.9 Å². The van der Waals surface area contributed by atoms with Crippen LogP contribution < -0.4 is 5.32 Å². The van der Waals surface area contributed by atoms with E-state index in [4.69, 9.17) is 4.98 Å². The molecule has 104 valence electrons. The topological polar surface area (TPSA) is 42.7 Å². The summed E-state index contributed by atoms with van der Waals surface area (Å²) in [5, 5.41) is 11.1. The predicted molar refractivity (Wildman–Crippen MR) is 79.5 cm³/mol. The molecule has 2 aromatic rings. The number of rotatable bonds is 5. The van der Waals surface area contributed by atoms with Crippen LogP contribution in [0, 0.1) is 0 Å². The van der Waals surface area contributed by atoms with Crippen molar-refractivity contribution in [3.8, 4) is 0 Å². The summed E-state index contributed by atoms with van der Waals surface area (Å²) < 4.78 is 1.83. The quantitative estimate of drug-likeness (QED) is 0.914. The molecule has 0 bridgehead atoms. The zero-order valence-electron chi connectivity index (χ0n) is 12.2. The maximum Gasteiger partial charge on any atom is 0.115 e. The molecule has 1 atom stereocenters. The Morgan fingerprint density at radius 1 is 1.26 bits per heavy atom. The monoisotopic (exact) mass is 278 g/mol. The normalized spacial score (nSPS) is 13.4. The van der Waals surface area contributed by atoms with E-state index in [2.05, 4.69) is 49.7 Å². The van der Waals surface area contributed by atoms with Crippen LogP contribution in [0.1, 0.15) is 55.9 Å². The maximum absolute atomic E-state index is 4.77. The minimum absolute atomic E-state index is 0.131. The van der Waals surface area contributed by atoms with Gasteiger partial charge in [0.2, 0.25) is 0 Å². The SMILES string of the molecule is CC(C)NC(c1cnn(C)c1)c1nc(C(C)C)cs1. The van der Waals surface area contributed by atoms with Crippen molar-refractivity contribution in [2.24, 2.45) is 7.05 Å². The first-order chi connectivity index (χ1) is 8.97. The minimum Gasteiger partial charge on any atom is -0.302 e. The second-order valence-corrected chi connectivity index (χ2v) is 6.36. The fourth-order valence-electron chi connectivity index (χ4n) is 1.93. The first-order valence-corrected chi connectivity index (χ1v) is 7.55. The summed E-state index contributed by atoms with van der Waals surface area (Å²) in [6.07, 6.45) is 3.97. The minimum atomic E-state index is 0.131. The lowest BCUT2D eigenvalue weighted by molar-refractivity contribution is 0.525. The molecular formula is C14H22N4S. The fraction of sp³-hybridized carbons (Fsp3) is 0.571. The van der Waals surface area contributed by atoms with E-state index in [9.17, 15) is 0 Å². The van der Waals surface area contributed by atoms with E-state index in [1.165, 1.54) is 11.3 Å². The van der Waals surface area contributed by atoms with Gasteiger partial charge in [0.1, 0.15) is 5.01 Å². The number of nitrogens with zero attached hydrogens (tertiary/aromatic N) is 3. The number of thiazole rings is 1. The molecule has 5 heteroatoms. The van der Waals surface area contributed by atoms with E-state index >= 15 is 0 Å². The van der Waals surface area contributed by atoms with Crippen LogP contribution in [0.25, 0.3) is 0 Å². The van der Waals surface area contributed by atoms with Gasteiger partial charge >= 0.3 is 0 Å². The highest BCUT2D eigenvalue weighted by molar-refractivity contribution is 7.09. The number of nitrogens with one attached hydrogen (secondary N) is 1. The summed E-state index contributed by atoms with van der Waals surface area (Å²) in [5.41, 5.74) is 2.33. The van der Waals surface area contributed by atoms with E-state index in [0.717, 1.165) is 5.01 Å². The molecule has 0 spiro atoms. The molecule has 2 heterocycles. The van der Waals surface area contributed by atoms with Gasteiger partial charge in [0.15, 0.2) is 0 Å². The summed E-state index contributed by atoms with van der Waals surface area (Å²) in [5.74, 6) is 0.471. The molecule has 0 amide bonds. The van der Waals surface area contributed by atoms with Gasteiger partial charge in [-0.2, -0.15) is 5.10 Å². The number of hydrogen-bond donors (Lipinski definition) is 1. The van der Waals surface area contributed by atoms with Crippen molar-refractivity contribution in [2.45, 2.75) is 45.7 Å². The Morgan fingerprint density at radius 3 is 2.47 bits per heavy atom. The molecule has 2 aromatic heterocycles. The molecule has 0 saturated heterocycles. The largest absolute Gasteiger partial charge is 0.302 e. The van der Waals surface area contributed by atoms with Crippen molar-refractivity contribution in [2.75, 3.05) is 0 Å². The van der Waals surface area contributed by atoms with E-state index < -0.39 is 0 Å². The van der Waals surface area contributed by atoms with Gasteiger partial charge in [0.25, 0.3) is 0 Å². The van der Waals surface area contributed by atoms with Crippen LogP contribution in [0.3, 0.4) is 0 Å². The Bertz CT molecular complexity index is 527. The molecule has 0 aliphatic rings. The van der Waals surface area contributed by atoms with E-state index in [0.29, 0.717) is 12.0 Å². The first-order valence-electron chi connectivity index (χ1n) is 6.67. The predicted octanol–water partition coefficient (Wildman–Crippen LogP) is 3.09. The van der Waals surface area contributed by atoms with Crippen LogP contribution in [0.2, 0.25) is 0 Å². The smallest absolute Gasteiger partial charge is 0.115 e. The van der Waals surface area contributed by atoms with Crippen LogP contribution in [0.15, 0.2) is 17.8 Å². The summed E-state index contributed by atoms with van der Waals surface area (Å²) in [6, 6.07) is 0.530. The fourth-order valence-corrected chi connectivity index (χ4v) is 3.00. The van der Waals surface area contributed by atoms with E-state index in [-0.39, 0.29) is 6.04 Å². The van der Waals surface area contributed by atoms with Gasteiger partial charge in [0, 0.05) is 30.2 Å². The van der Waals surface area contributed by atoms with Gasteiger partial charge in [-0.1, -0.05) is 13.8 Å². The average molecular weight is 278 g/mol. The maximum atomic E-state index is 4.77. The number of aromatic nitrogens is 3. The molecule has 0 aromatic carbocycles. The molecule has 19 heavy (non-hydrogen) atoms. The molecule has 2 rings (SSSR count). The summed E-state index contributed by atoms with van der Waals surface area (Å²) in [6.45, 7) is 8.65. The molecule has 0 aliphatic heterocycles. The third-order valence-corrected chi connectivity index (χ3v) is 3.86. The van der Waals surface area contributed by atoms with Gasteiger partial charge in [-0.05, 0) is 19.8 Å². The molecule has 0 saturated carbocycles. The first kappa shape index (κ1) is 14.2. The van der Waals surface area contributed by atoms with Crippen molar-refractivity contribution < 1.29 is 0 Å². The second kappa shape index (κ2) is 5.84. The lowest BCUT2D eigenvalue weighted by atomic mass is 10.1. The third-order valence-electron chi connectivity index (χ3n) is 2.94. The molecule has 0 fully saturated rings. The van der Waals surface area contributed by atoms with Crippen molar-refractivity contribution in [3.05, 3.63) is 34.0 Å². The highest BCUT2D eigenvalue weighted by atomic mass is 32.1. The highest BCUT2D eigenvalue weighted by Crippen LogP contribution is 2.27. The molecule has 4 nitrogen and oxygen atoms in total. The summed E-state index contributed by atoms with van der Waals surface area (Å²) >= 11 is 1.72. The van der Waals surface area contributed by atoms with Gasteiger partial charge in [-0.15, -0.1) is 11.3 Å². The number of hydrogen-bond acceptors (Lipinski definition) is 4. The Kier molecular flexibility index (Phi) is 4.37.